The van der Waals surface area contributed by atoms with Crippen molar-refractivity contribution in [2.75, 3.05) is 29.5 Å². The van der Waals surface area contributed by atoms with Gasteiger partial charge in [-0.2, -0.15) is 11.8 Å². The topological polar surface area (TPSA) is 55.0 Å². The Morgan fingerprint density at radius 3 is 3.20 bits per heavy atom. The first-order valence-electron chi connectivity index (χ1n) is 5.23. The highest BCUT2D eigenvalue weighted by Gasteiger charge is 2.19. The number of nitrogens with zero attached hydrogens (tertiary/aromatic N) is 3. The van der Waals surface area contributed by atoms with Crippen LogP contribution in [0.3, 0.4) is 0 Å². The summed E-state index contributed by atoms with van der Waals surface area (Å²) in [5.41, 5.74) is 5.65. The first kappa shape index (κ1) is 10.5. The summed E-state index contributed by atoms with van der Waals surface area (Å²) >= 11 is 2.05. The highest BCUT2D eigenvalue weighted by Crippen LogP contribution is 2.24. The summed E-state index contributed by atoms with van der Waals surface area (Å²) in [6.07, 6.45) is 2.75. The maximum Gasteiger partial charge on any atom is 0.134 e. The Bertz CT molecular complexity index is 331. The predicted molar refractivity (Wildman–Crippen MR) is 65.2 cm³/mol. The summed E-state index contributed by atoms with van der Waals surface area (Å²) in [6, 6.07) is 1.85. The highest BCUT2D eigenvalue weighted by atomic mass is 32.2. The minimum Gasteiger partial charge on any atom is -0.384 e. The molecule has 1 unspecified atom stereocenters. The van der Waals surface area contributed by atoms with Crippen molar-refractivity contribution in [1.82, 2.24) is 9.97 Å². The van der Waals surface area contributed by atoms with Crippen LogP contribution in [0.2, 0.25) is 0 Å². The molecule has 1 saturated heterocycles. The lowest BCUT2D eigenvalue weighted by Gasteiger charge is -2.32. The van der Waals surface area contributed by atoms with Gasteiger partial charge in [0.1, 0.15) is 18.0 Å². The zero-order chi connectivity index (χ0) is 10.7. The van der Waals surface area contributed by atoms with Gasteiger partial charge in [0.05, 0.1) is 0 Å². The van der Waals surface area contributed by atoms with Gasteiger partial charge >= 0.3 is 0 Å². The molecule has 1 fully saturated rings. The number of nitrogen functional groups attached to an aromatic ring is 1. The van der Waals surface area contributed by atoms with Gasteiger partial charge in [0.15, 0.2) is 0 Å². The molecule has 2 N–H and O–H groups in total. The van der Waals surface area contributed by atoms with E-state index in [-0.39, 0.29) is 0 Å². The molecule has 0 aromatic carbocycles. The van der Waals surface area contributed by atoms with Gasteiger partial charge in [0, 0.05) is 30.2 Å². The fourth-order valence-corrected chi connectivity index (χ4v) is 2.89. The van der Waals surface area contributed by atoms with Gasteiger partial charge in [-0.3, -0.25) is 0 Å². The second-order valence-corrected chi connectivity index (χ2v) is 5.06. The van der Waals surface area contributed by atoms with Crippen LogP contribution in [0.1, 0.15) is 13.3 Å². The van der Waals surface area contributed by atoms with Crippen molar-refractivity contribution in [3.8, 4) is 0 Å². The molecule has 0 aliphatic carbocycles. The molecule has 0 saturated carbocycles. The van der Waals surface area contributed by atoms with Crippen LogP contribution in [-0.4, -0.2) is 34.1 Å². The SMILES string of the molecule is CCC1CN(c2cc(N)ncn2)CCS1. The number of anilines is 2. The molecule has 2 rings (SSSR count). The van der Waals surface area contributed by atoms with Gasteiger partial charge in [-0.15, -0.1) is 0 Å². The molecule has 1 atom stereocenters. The largest absolute Gasteiger partial charge is 0.384 e. The van der Waals surface area contributed by atoms with Crippen LogP contribution in [0.25, 0.3) is 0 Å². The monoisotopic (exact) mass is 224 g/mol. The molecular weight excluding hydrogens is 208 g/mol. The molecule has 15 heavy (non-hydrogen) atoms. The van der Waals surface area contributed by atoms with Gasteiger partial charge < -0.3 is 10.6 Å². The van der Waals surface area contributed by atoms with Crippen LogP contribution in [0.4, 0.5) is 11.6 Å². The fraction of sp³-hybridized carbons (Fsp3) is 0.600. The summed E-state index contributed by atoms with van der Waals surface area (Å²) in [5.74, 6) is 2.68. The normalized spacial score (nSPS) is 21.7. The third kappa shape index (κ3) is 2.53. The van der Waals surface area contributed by atoms with E-state index in [0.717, 1.165) is 24.2 Å². The predicted octanol–water partition coefficient (Wildman–Crippen LogP) is 1.39. The van der Waals surface area contributed by atoms with Gasteiger partial charge in [0.2, 0.25) is 0 Å². The maximum absolute atomic E-state index is 5.65. The summed E-state index contributed by atoms with van der Waals surface area (Å²) in [6.45, 7) is 4.35. The third-order valence-electron chi connectivity index (χ3n) is 2.59. The molecule has 0 spiro atoms. The van der Waals surface area contributed by atoms with E-state index in [1.54, 1.807) is 0 Å². The Kier molecular flexibility index (Phi) is 3.30. The van der Waals surface area contributed by atoms with Gasteiger partial charge in [0.25, 0.3) is 0 Å². The Morgan fingerprint density at radius 1 is 1.60 bits per heavy atom. The van der Waals surface area contributed by atoms with Crippen LogP contribution >= 0.6 is 11.8 Å². The average Bonchev–Trinajstić information content (AvgIpc) is 2.29. The number of thioether (sulfide) groups is 1. The highest BCUT2D eigenvalue weighted by molar-refractivity contribution is 8.00. The third-order valence-corrected chi connectivity index (χ3v) is 3.96. The summed E-state index contributed by atoms with van der Waals surface area (Å²) < 4.78 is 0. The van der Waals surface area contributed by atoms with Crippen LogP contribution < -0.4 is 10.6 Å². The van der Waals surface area contributed by atoms with Gasteiger partial charge in [-0.25, -0.2) is 9.97 Å². The Balaban J connectivity index is 2.09. The molecule has 82 valence electrons. The van der Waals surface area contributed by atoms with Crippen LogP contribution in [-0.2, 0) is 0 Å². The molecule has 0 bridgehead atoms. The Hall–Kier alpha value is -0.970. The first-order chi connectivity index (χ1) is 7.29. The van der Waals surface area contributed by atoms with Crippen LogP contribution in [0, 0.1) is 0 Å². The minimum absolute atomic E-state index is 0.547. The summed E-state index contributed by atoms with van der Waals surface area (Å²) in [5, 5.41) is 0.718. The van der Waals surface area contributed by atoms with E-state index < -0.39 is 0 Å². The van der Waals surface area contributed by atoms with Crippen LogP contribution in [0.15, 0.2) is 12.4 Å². The van der Waals surface area contributed by atoms with Crippen LogP contribution in [0.5, 0.6) is 0 Å². The number of aromatic nitrogens is 2. The number of hydrogen-bond donors (Lipinski definition) is 1. The lowest BCUT2D eigenvalue weighted by Crippen LogP contribution is -2.38. The zero-order valence-corrected chi connectivity index (χ0v) is 9.70. The fourth-order valence-electron chi connectivity index (χ4n) is 1.71. The van der Waals surface area contributed by atoms with E-state index in [4.69, 9.17) is 5.73 Å². The summed E-state index contributed by atoms with van der Waals surface area (Å²) in [7, 11) is 0. The second kappa shape index (κ2) is 4.70. The lowest BCUT2D eigenvalue weighted by atomic mass is 10.3. The molecule has 1 aromatic rings. The first-order valence-corrected chi connectivity index (χ1v) is 6.28. The molecule has 4 nitrogen and oxygen atoms in total. The minimum atomic E-state index is 0.547. The molecular formula is C10H16N4S. The zero-order valence-electron chi connectivity index (χ0n) is 8.89. The molecule has 0 radical (unpaired) electrons. The smallest absolute Gasteiger partial charge is 0.134 e. The second-order valence-electron chi connectivity index (χ2n) is 3.65. The van der Waals surface area contributed by atoms with E-state index in [2.05, 4.69) is 21.8 Å². The van der Waals surface area contributed by atoms with Crippen molar-refractivity contribution in [2.45, 2.75) is 18.6 Å². The van der Waals surface area contributed by atoms with E-state index in [1.807, 2.05) is 17.8 Å². The molecule has 1 aliphatic heterocycles. The van der Waals surface area contributed by atoms with Crippen molar-refractivity contribution in [2.24, 2.45) is 0 Å². The molecule has 1 aliphatic rings. The standard InChI is InChI=1S/C10H16N4S/c1-2-8-6-14(3-4-15-8)10-5-9(11)12-7-13-10/h5,7-8H,2-4,6H2,1H3,(H2,11,12,13). The average molecular weight is 224 g/mol. The quantitative estimate of drug-likeness (QED) is 0.822. The van der Waals surface area contributed by atoms with E-state index in [1.165, 1.54) is 18.5 Å². The van der Waals surface area contributed by atoms with E-state index in [0.29, 0.717) is 5.82 Å². The number of hydrogen-bond acceptors (Lipinski definition) is 5. The van der Waals surface area contributed by atoms with E-state index in [9.17, 15) is 0 Å². The van der Waals surface area contributed by atoms with Gasteiger partial charge in [-0.1, -0.05) is 6.92 Å². The van der Waals surface area contributed by atoms with Crippen molar-refractivity contribution in [1.29, 1.82) is 0 Å². The number of nitrogens with two attached hydrogens (primary N) is 1. The van der Waals surface area contributed by atoms with Crippen molar-refractivity contribution >= 4 is 23.4 Å². The maximum atomic E-state index is 5.65. The van der Waals surface area contributed by atoms with Gasteiger partial charge in [-0.05, 0) is 6.42 Å². The molecule has 1 aromatic heterocycles. The number of rotatable bonds is 2. The Labute approximate surface area is 94.3 Å². The molecule has 5 heteroatoms. The molecule has 0 amide bonds. The lowest BCUT2D eigenvalue weighted by molar-refractivity contribution is 0.719. The van der Waals surface area contributed by atoms with Crippen molar-refractivity contribution in [3.05, 3.63) is 12.4 Å². The molecule has 2 heterocycles. The van der Waals surface area contributed by atoms with Crippen molar-refractivity contribution in [3.63, 3.8) is 0 Å². The van der Waals surface area contributed by atoms with E-state index >= 15 is 0 Å². The summed E-state index contributed by atoms with van der Waals surface area (Å²) in [4.78, 5) is 10.5. The Morgan fingerprint density at radius 2 is 2.47 bits per heavy atom. The van der Waals surface area contributed by atoms with Crippen molar-refractivity contribution < 1.29 is 0 Å².